The number of allylic oxidation sites excluding steroid dienone is 2. The molecular weight excluding hydrogens is 252 g/mol. The first kappa shape index (κ1) is 9.93. The predicted molar refractivity (Wildman–Crippen MR) is 54.2 cm³/mol. The topological polar surface area (TPSA) is 23.8 Å². The summed E-state index contributed by atoms with van der Waals surface area (Å²) in [5.41, 5.74) is 0. The van der Waals surface area contributed by atoms with E-state index < -0.39 is 9.75 Å². The lowest BCUT2D eigenvalue weighted by molar-refractivity contribution is 0.585. The fourth-order valence-corrected chi connectivity index (χ4v) is 3.78. The Labute approximate surface area is 96.2 Å². The number of nitriles is 1. The van der Waals surface area contributed by atoms with Crippen LogP contribution in [-0.2, 0) is 0 Å². The van der Waals surface area contributed by atoms with Gasteiger partial charge in [-0.25, -0.2) is 0 Å². The smallest absolute Gasteiger partial charge is 0.0991 e. The number of nitrogens with zero attached hydrogens (tertiary/aromatic N) is 1. The van der Waals surface area contributed by atoms with E-state index in [2.05, 4.69) is 6.07 Å². The van der Waals surface area contributed by atoms with Crippen molar-refractivity contribution in [3.63, 3.8) is 0 Å². The molecule has 0 N–H and O–H groups in total. The summed E-state index contributed by atoms with van der Waals surface area (Å²) in [5.74, 6) is -0.332. The van der Waals surface area contributed by atoms with Crippen LogP contribution in [0.25, 0.3) is 0 Å². The molecule has 2 aliphatic rings. The maximum Gasteiger partial charge on any atom is 0.0991 e. The summed E-state index contributed by atoms with van der Waals surface area (Å²) in [6.45, 7) is 0. The number of rotatable bonds is 0. The zero-order valence-corrected chi connectivity index (χ0v) is 9.47. The first-order chi connectivity index (χ1) is 5.94. The summed E-state index contributed by atoms with van der Waals surface area (Å²) in [6, 6.07) is 2.12. The molecule has 2 aliphatic carbocycles. The van der Waals surface area contributed by atoms with E-state index in [4.69, 9.17) is 51.7 Å². The average Bonchev–Trinajstić information content (AvgIpc) is 2.44. The maximum absolute atomic E-state index is 8.85. The van der Waals surface area contributed by atoms with Crippen LogP contribution in [0.3, 0.4) is 0 Å². The fourth-order valence-electron chi connectivity index (χ4n) is 2.01. The zero-order chi connectivity index (χ0) is 9.85. The van der Waals surface area contributed by atoms with Gasteiger partial charge in [0.2, 0.25) is 0 Å². The van der Waals surface area contributed by atoms with E-state index >= 15 is 0 Å². The van der Waals surface area contributed by atoms with Crippen molar-refractivity contribution < 1.29 is 0 Å². The number of halogens is 4. The van der Waals surface area contributed by atoms with Crippen molar-refractivity contribution in [1.29, 1.82) is 5.26 Å². The van der Waals surface area contributed by atoms with Crippen LogP contribution in [0, 0.1) is 17.2 Å². The molecular formula is C8H5Cl4N. The number of hydrogen-bond donors (Lipinski definition) is 0. The molecule has 2 rings (SSSR count). The van der Waals surface area contributed by atoms with Crippen molar-refractivity contribution in [1.82, 2.24) is 0 Å². The van der Waals surface area contributed by atoms with Crippen LogP contribution < -0.4 is 0 Å². The van der Waals surface area contributed by atoms with Gasteiger partial charge in [0.25, 0.3) is 0 Å². The Bertz CT molecular complexity index is 345. The quantitative estimate of drug-likeness (QED) is 0.608. The van der Waals surface area contributed by atoms with Crippen molar-refractivity contribution in [2.75, 3.05) is 0 Å². The highest BCUT2D eigenvalue weighted by molar-refractivity contribution is 6.51. The van der Waals surface area contributed by atoms with Crippen molar-refractivity contribution >= 4 is 46.4 Å². The van der Waals surface area contributed by atoms with Gasteiger partial charge in [0, 0.05) is 0 Å². The van der Waals surface area contributed by atoms with E-state index in [1.165, 1.54) is 0 Å². The highest BCUT2D eigenvalue weighted by Crippen LogP contribution is 2.64. The van der Waals surface area contributed by atoms with Gasteiger partial charge in [0.05, 0.1) is 31.8 Å². The predicted octanol–water partition coefficient (Wildman–Crippen LogP) is 3.58. The van der Waals surface area contributed by atoms with Crippen LogP contribution >= 0.6 is 46.4 Å². The average molecular weight is 257 g/mol. The van der Waals surface area contributed by atoms with Gasteiger partial charge in [-0.2, -0.15) is 5.26 Å². The molecule has 0 aromatic heterocycles. The van der Waals surface area contributed by atoms with Gasteiger partial charge in [-0.05, 0) is 12.8 Å². The summed E-state index contributed by atoms with van der Waals surface area (Å²) < 4.78 is 0. The third-order valence-corrected chi connectivity index (χ3v) is 5.15. The third-order valence-electron chi connectivity index (χ3n) is 2.72. The van der Waals surface area contributed by atoms with E-state index in [0.717, 1.165) is 0 Å². The molecule has 1 saturated carbocycles. The summed E-state index contributed by atoms with van der Waals surface area (Å²) in [4.78, 5) is -1.53. The van der Waals surface area contributed by atoms with Gasteiger partial charge in [0.15, 0.2) is 0 Å². The SMILES string of the molecule is N#C[C@H]1C[C@]2(Cl)C[C@]1(Cl)C(Cl)=C2Cl. The molecule has 70 valence electrons. The second-order valence-electron chi connectivity index (χ2n) is 3.52. The highest BCUT2D eigenvalue weighted by atomic mass is 35.5. The minimum Gasteiger partial charge on any atom is -0.198 e. The Morgan fingerprint density at radius 2 is 1.92 bits per heavy atom. The Kier molecular flexibility index (Phi) is 2.06. The second-order valence-corrected chi connectivity index (χ2v) is 5.67. The van der Waals surface area contributed by atoms with Crippen LogP contribution in [0.2, 0.25) is 0 Å². The van der Waals surface area contributed by atoms with Crippen LogP contribution in [0.15, 0.2) is 10.1 Å². The summed E-state index contributed by atoms with van der Waals surface area (Å²) in [7, 11) is 0. The van der Waals surface area contributed by atoms with E-state index in [0.29, 0.717) is 22.9 Å². The van der Waals surface area contributed by atoms with Gasteiger partial charge in [-0.15, -0.1) is 23.2 Å². The monoisotopic (exact) mass is 255 g/mol. The summed E-state index contributed by atoms with van der Waals surface area (Å²) in [6.07, 6.45) is 0.947. The Morgan fingerprint density at radius 1 is 1.31 bits per heavy atom. The molecule has 3 atom stereocenters. The Hall–Kier alpha value is 0.390. The summed E-state index contributed by atoms with van der Waals surface area (Å²) in [5, 5.41) is 9.62. The number of fused-ring (bicyclic) bond motifs is 2. The molecule has 5 heteroatoms. The van der Waals surface area contributed by atoms with Crippen LogP contribution in [0.5, 0.6) is 0 Å². The lowest BCUT2D eigenvalue weighted by atomic mass is 9.94. The molecule has 1 fully saturated rings. The van der Waals surface area contributed by atoms with Gasteiger partial charge < -0.3 is 0 Å². The van der Waals surface area contributed by atoms with E-state index in [9.17, 15) is 0 Å². The van der Waals surface area contributed by atoms with Crippen molar-refractivity contribution in [3.05, 3.63) is 10.1 Å². The van der Waals surface area contributed by atoms with Crippen molar-refractivity contribution in [2.45, 2.75) is 22.6 Å². The summed E-state index contributed by atoms with van der Waals surface area (Å²) >= 11 is 24.3. The molecule has 0 aliphatic heterocycles. The van der Waals surface area contributed by atoms with Gasteiger partial charge in [0.1, 0.15) is 0 Å². The molecule has 0 unspecified atom stereocenters. The molecule has 0 spiro atoms. The third kappa shape index (κ3) is 1.07. The highest BCUT2D eigenvalue weighted by Gasteiger charge is 2.63. The normalized spacial score (nSPS) is 48.4. The molecule has 1 nitrogen and oxygen atoms in total. The van der Waals surface area contributed by atoms with Gasteiger partial charge >= 0.3 is 0 Å². The second kappa shape index (κ2) is 2.70. The fraction of sp³-hybridized carbons (Fsp3) is 0.625. The molecule has 0 aromatic carbocycles. The van der Waals surface area contributed by atoms with Crippen molar-refractivity contribution in [3.8, 4) is 6.07 Å². The zero-order valence-electron chi connectivity index (χ0n) is 6.45. The van der Waals surface area contributed by atoms with E-state index in [1.807, 2.05) is 0 Å². The molecule has 2 bridgehead atoms. The standard InChI is InChI=1S/C8H5Cl4N/c9-5-6(10)8(12)3-7(5,11)1-4(8)2-13/h4H,1,3H2/t4-,7+,8-/m1/s1. The van der Waals surface area contributed by atoms with Crippen molar-refractivity contribution in [2.24, 2.45) is 5.92 Å². The minimum atomic E-state index is -0.838. The molecule has 0 radical (unpaired) electrons. The van der Waals surface area contributed by atoms with Gasteiger partial charge in [-0.1, -0.05) is 23.2 Å². The van der Waals surface area contributed by atoms with E-state index in [-0.39, 0.29) is 5.92 Å². The first-order valence-corrected chi connectivity index (χ1v) is 5.29. The van der Waals surface area contributed by atoms with Crippen LogP contribution in [0.4, 0.5) is 0 Å². The molecule has 0 heterocycles. The Balaban J connectivity index is 2.54. The largest absolute Gasteiger partial charge is 0.198 e. The maximum atomic E-state index is 8.85. The molecule has 0 saturated heterocycles. The van der Waals surface area contributed by atoms with Crippen LogP contribution in [-0.4, -0.2) is 9.75 Å². The number of alkyl halides is 2. The number of hydrogen-bond acceptors (Lipinski definition) is 1. The molecule has 0 aromatic rings. The van der Waals surface area contributed by atoms with Crippen LogP contribution in [0.1, 0.15) is 12.8 Å². The molecule has 0 amide bonds. The lowest BCUT2D eigenvalue weighted by Gasteiger charge is -2.24. The van der Waals surface area contributed by atoms with Gasteiger partial charge in [-0.3, -0.25) is 0 Å². The first-order valence-electron chi connectivity index (χ1n) is 3.78. The lowest BCUT2D eigenvalue weighted by Crippen LogP contribution is -2.26. The minimum absolute atomic E-state index is 0.332. The van der Waals surface area contributed by atoms with E-state index in [1.54, 1.807) is 0 Å². The Morgan fingerprint density at radius 3 is 2.31 bits per heavy atom. The molecule has 13 heavy (non-hydrogen) atoms.